The average molecular weight is 702 g/mol. The molecule has 0 aliphatic carbocycles. The second kappa shape index (κ2) is 11.7. The topological polar surface area (TPSA) is 76.2 Å². The molecule has 0 amide bonds. The first-order valence-corrected chi connectivity index (χ1v) is 16.0. The largest absolute Gasteiger partial charge is 0.512 e. The molecule has 0 saturated carbocycles. The molecule has 3 aromatic heterocycles. The van der Waals surface area contributed by atoms with Gasteiger partial charge in [-0.3, -0.25) is 9.78 Å². The number of allylic oxidation sites excluding steroid dienone is 2. The van der Waals surface area contributed by atoms with Crippen LogP contribution in [0.15, 0.2) is 71.0 Å². The van der Waals surface area contributed by atoms with Crippen LogP contribution in [0.5, 0.6) is 0 Å². The van der Waals surface area contributed by atoms with Crippen LogP contribution < -0.4 is 5.32 Å². The van der Waals surface area contributed by atoms with Crippen LogP contribution in [0.3, 0.4) is 0 Å². The van der Waals surface area contributed by atoms with Crippen LogP contribution in [0.2, 0.25) is 19.6 Å². The number of hydrogen-bond donors (Lipinski definition) is 1. The molecule has 1 radical (unpaired) electrons. The predicted octanol–water partition coefficient (Wildman–Crippen LogP) is 7.70. The summed E-state index contributed by atoms with van der Waals surface area (Å²) in [4.78, 5) is 19.6. The first-order valence-electron chi connectivity index (χ1n) is 12.5. The third-order valence-electron chi connectivity index (χ3n) is 6.12. The summed E-state index contributed by atoms with van der Waals surface area (Å²) in [6.45, 7) is 14.2. The normalized spacial score (nSPS) is 11.9. The van der Waals surface area contributed by atoms with Crippen molar-refractivity contribution in [2.24, 2.45) is 0 Å². The van der Waals surface area contributed by atoms with Gasteiger partial charge in [-0.1, -0.05) is 62.6 Å². The van der Waals surface area contributed by atoms with E-state index in [2.05, 4.69) is 82.0 Å². The van der Waals surface area contributed by atoms with Crippen LogP contribution in [0.1, 0.15) is 39.2 Å². The van der Waals surface area contributed by atoms with Gasteiger partial charge in [0.25, 0.3) is 0 Å². The van der Waals surface area contributed by atoms with Crippen LogP contribution in [0.25, 0.3) is 44.1 Å². The van der Waals surface area contributed by atoms with Crippen molar-refractivity contribution in [2.45, 2.75) is 53.3 Å². The number of aromatic nitrogens is 2. The molecule has 199 valence electrons. The number of rotatable bonds is 4. The summed E-state index contributed by atoms with van der Waals surface area (Å²) in [7, 11) is -1.52. The number of pyridine rings is 2. The van der Waals surface area contributed by atoms with Crippen LogP contribution >= 0.6 is 0 Å². The zero-order chi connectivity index (χ0) is 26.9. The molecule has 0 saturated heterocycles. The predicted molar refractivity (Wildman–Crippen MR) is 155 cm³/mol. The summed E-state index contributed by atoms with van der Waals surface area (Å²) in [5.74, 6) is 0.339. The summed E-state index contributed by atoms with van der Waals surface area (Å²) in [6, 6.07) is 20.5. The Morgan fingerprint density at radius 3 is 2.34 bits per heavy atom. The first kappa shape index (κ1) is 29.4. The standard InChI is InChI=1S/C26H25N2OSi.C5H8O2.Ir/c1-16(2)22-15-18(14-17-8-6-7-9-19(17)22)24-25-20(12-13-27-24)21-10-11-23(30(3,4)5)28-26(21)29-25;1-4(6)3-5(2)7;/h6-13,15-16H,1-5H3;3,6H,1-2H3;/q-1;;/b;4-3-;. The Hall–Kier alpha value is -3.12. The minimum atomic E-state index is -1.52. The minimum Gasteiger partial charge on any atom is -0.512 e. The maximum Gasteiger partial charge on any atom is 0.226 e. The van der Waals surface area contributed by atoms with Gasteiger partial charge in [-0.05, 0) is 38.0 Å². The summed E-state index contributed by atoms with van der Waals surface area (Å²) in [5, 5.41) is 14.0. The Labute approximate surface area is 238 Å². The zero-order valence-corrected chi connectivity index (χ0v) is 26.2. The van der Waals surface area contributed by atoms with Crippen LogP contribution in [0.4, 0.5) is 0 Å². The van der Waals surface area contributed by atoms with E-state index in [1.54, 1.807) is 0 Å². The van der Waals surface area contributed by atoms with Gasteiger partial charge in [-0.2, -0.15) is 0 Å². The third kappa shape index (κ3) is 6.29. The molecule has 3 heterocycles. The number of aliphatic hydroxyl groups excluding tert-OH is 1. The van der Waals surface area contributed by atoms with E-state index in [4.69, 9.17) is 19.5 Å². The Morgan fingerprint density at radius 1 is 1.03 bits per heavy atom. The molecule has 5 nitrogen and oxygen atoms in total. The van der Waals surface area contributed by atoms with Gasteiger partial charge in [0.05, 0.1) is 5.76 Å². The van der Waals surface area contributed by atoms with Crippen LogP contribution in [-0.4, -0.2) is 28.9 Å². The Morgan fingerprint density at radius 2 is 1.74 bits per heavy atom. The number of carbonyl (C=O) groups excluding carboxylic acids is 1. The van der Waals surface area contributed by atoms with E-state index in [9.17, 15) is 4.79 Å². The molecule has 0 fully saturated rings. The fraction of sp³-hybridized carbons (Fsp3) is 0.258. The number of furan rings is 1. The first-order chi connectivity index (χ1) is 17.5. The van der Waals surface area contributed by atoms with Crippen molar-refractivity contribution in [2.75, 3.05) is 0 Å². The maximum absolute atomic E-state index is 10.0. The van der Waals surface area contributed by atoms with E-state index in [0.29, 0.717) is 11.6 Å². The molecule has 0 bridgehead atoms. The third-order valence-corrected chi connectivity index (χ3v) is 7.93. The van der Waals surface area contributed by atoms with E-state index in [1.165, 1.54) is 30.9 Å². The molecule has 38 heavy (non-hydrogen) atoms. The molecule has 0 aliphatic heterocycles. The van der Waals surface area contributed by atoms with Gasteiger partial charge in [-0.25, -0.2) is 4.98 Å². The number of benzene rings is 2. The van der Waals surface area contributed by atoms with E-state index in [0.717, 1.165) is 38.3 Å². The van der Waals surface area contributed by atoms with E-state index < -0.39 is 8.07 Å². The molecule has 5 aromatic rings. The van der Waals surface area contributed by atoms with Gasteiger partial charge < -0.3 is 9.52 Å². The maximum atomic E-state index is 10.0. The van der Waals surface area contributed by atoms with Crippen molar-refractivity contribution in [1.29, 1.82) is 0 Å². The van der Waals surface area contributed by atoms with Gasteiger partial charge in [0.15, 0.2) is 5.78 Å². The van der Waals surface area contributed by atoms with Crippen LogP contribution in [0, 0.1) is 6.07 Å². The molecule has 0 unspecified atom stereocenters. The summed E-state index contributed by atoms with van der Waals surface area (Å²) >= 11 is 0. The fourth-order valence-electron chi connectivity index (χ4n) is 4.35. The summed E-state index contributed by atoms with van der Waals surface area (Å²) < 4.78 is 6.31. The van der Waals surface area contributed by atoms with Gasteiger partial charge >= 0.3 is 0 Å². The molecular formula is C31H33IrN2O3Si-. The monoisotopic (exact) mass is 702 g/mol. The SMILES string of the molecule is CC(=O)/C=C(/C)O.CC(C)c1cc(-c2nccc3c2oc2nc([Si](C)(C)C)ccc23)[c-]c2ccccc12.[Ir]. The van der Waals surface area contributed by atoms with Crippen molar-refractivity contribution >= 4 is 52.0 Å². The fourth-order valence-corrected chi connectivity index (χ4v) is 5.37. The molecule has 7 heteroatoms. The molecule has 2 aromatic carbocycles. The van der Waals surface area contributed by atoms with E-state index >= 15 is 0 Å². The number of carbonyl (C=O) groups is 1. The number of ketones is 1. The van der Waals surface area contributed by atoms with Gasteiger partial charge in [0.1, 0.15) is 13.7 Å². The van der Waals surface area contributed by atoms with Crippen molar-refractivity contribution < 1.29 is 34.4 Å². The molecule has 0 spiro atoms. The van der Waals surface area contributed by atoms with Crippen LogP contribution in [-0.2, 0) is 24.9 Å². The van der Waals surface area contributed by atoms with Crippen molar-refractivity contribution in [1.82, 2.24) is 9.97 Å². The van der Waals surface area contributed by atoms with E-state index in [1.807, 2.05) is 12.3 Å². The molecule has 0 atom stereocenters. The number of aliphatic hydroxyl groups is 1. The Kier molecular flexibility index (Phi) is 9.08. The molecular weight excluding hydrogens is 669 g/mol. The Balaban J connectivity index is 0.000000444. The average Bonchev–Trinajstić information content (AvgIpc) is 3.20. The van der Waals surface area contributed by atoms with Crippen molar-refractivity contribution in [3.63, 3.8) is 0 Å². The number of hydrogen-bond acceptors (Lipinski definition) is 5. The van der Waals surface area contributed by atoms with Gasteiger partial charge in [0.2, 0.25) is 5.71 Å². The zero-order valence-electron chi connectivity index (χ0n) is 22.8. The van der Waals surface area contributed by atoms with Crippen molar-refractivity contribution in [3.05, 3.63) is 78.2 Å². The summed E-state index contributed by atoms with van der Waals surface area (Å²) in [6.07, 6.45) is 3.02. The quantitative estimate of drug-likeness (QED) is 0.0900. The molecule has 0 aliphatic rings. The summed E-state index contributed by atoms with van der Waals surface area (Å²) in [5.41, 5.74) is 4.58. The van der Waals surface area contributed by atoms with Gasteiger partial charge in [0, 0.05) is 54.2 Å². The minimum absolute atomic E-state index is 0. The number of fused-ring (bicyclic) bond motifs is 4. The Bertz CT molecular complexity index is 1640. The second-order valence-electron chi connectivity index (χ2n) is 10.7. The molecule has 1 N–H and O–H groups in total. The second-order valence-corrected chi connectivity index (χ2v) is 15.7. The van der Waals surface area contributed by atoms with Gasteiger partial charge in [-0.15, -0.1) is 29.1 Å². The number of nitrogens with zero attached hydrogens (tertiary/aromatic N) is 2. The van der Waals surface area contributed by atoms with Crippen molar-refractivity contribution in [3.8, 4) is 11.3 Å². The molecule has 5 rings (SSSR count). The smallest absolute Gasteiger partial charge is 0.226 e. The van der Waals surface area contributed by atoms with E-state index in [-0.39, 0.29) is 31.6 Å².